The van der Waals surface area contributed by atoms with E-state index in [0.717, 1.165) is 24.9 Å². The summed E-state index contributed by atoms with van der Waals surface area (Å²) in [4.78, 5) is 14.6. The highest BCUT2D eigenvalue weighted by Gasteiger charge is 2.37. The van der Waals surface area contributed by atoms with Crippen molar-refractivity contribution in [2.45, 2.75) is 31.3 Å². The molecule has 0 radical (unpaired) electrons. The van der Waals surface area contributed by atoms with E-state index >= 15 is 0 Å². The Morgan fingerprint density at radius 2 is 2.21 bits per heavy atom. The number of methoxy groups -OCH3 is 1. The van der Waals surface area contributed by atoms with Crippen molar-refractivity contribution in [1.82, 2.24) is 4.90 Å². The number of nitrogens with zero attached hydrogens (tertiary/aromatic N) is 1. The molecular formula is C15H20N2O2. The van der Waals surface area contributed by atoms with Gasteiger partial charge in [-0.15, -0.1) is 0 Å². The first-order chi connectivity index (χ1) is 9.29. The van der Waals surface area contributed by atoms with Crippen LogP contribution in [-0.2, 0) is 16.0 Å². The second-order valence-corrected chi connectivity index (χ2v) is 5.31. The number of hydrogen-bond acceptors (Lipinski definition) is 3. The van der Waals surface area contributed by atoms with E-state index in [1.165, 1.54) is 5.56 Å². The number of carbonyl (C=O) groups excluding carboxylic acids is 1. The molecule has 0 spiro atoms. The molecule has 1 fully saturated rings. The zero-order valence-electron chi connectivity index (χ0n) is 11.3. The SMILES string of the molecule is COCCN(C(=O)[C@@H]1Cc2ccccc2N1)C1CC1. The first-order valence-electron chi connectivity index (χ1n) is 6.93. The van der Waals surface area contributed by atoms with E-state index in [4.69, 9.17) is 4.74 Å². The Balaban J connectivity index is 1.67. The topological polar surface area (TPSA) is 41.6 Å². The quantitative estimate of drug-likeness (QED) is 0.875. The van der Waals surface area contributed by atoms with E-state index in [1.54, 1.807) is 7.11 Å². The van der Waals surface area contributed by atoms with Crippen molar-refractivity contribution < 1.29 is 9.53 Å². The molecule has 1 aromatic carbocycles. The number of nitrogens with one attached hydrogen (secondary N) is 1. The Labute approximate surface area is 113 Å². The van der Waals surface area contributed by atoms with E-state index in [0.29, 0.717) is 19.2 Å². The molecule has 1 amide bonds. The first-order valence-corrected chi connectivity index (χ1v) is 6.93. The lowest BCUT2D eigenvalue weighted by atomic mass is 10.1. The third-order valence-corrected chi connectivity index (χ3v) is 3.88. The van der Waals surface area contributed by atoms with Crippen LogP contribution in [-0.4, -0.2) is 43.2 Å². The lowest BCUT2D eigenvalue weighted by Gasteiger charge is -2.25. The maximum Gasteiger partial charge on any atom is 0.245 e. The molecule has 0 unspecified atom stereocenters. The Morgan fingerprint density at radius 1 is 1.42 bits per heavy atom. The molecule has 2 aliphatic rings. The molecule has 1 N–H and O–H groups in total. The molecule has 1 aromatic rings. The number of rotatable bonds is 5. The lowest BCUT2D eigenvalue weighted by molar-refractivity contribution is -0.133. The normalized spacial score (nSPS) is 20.8. The number of para-hydroxylation sites is 1. The third kappa shape index (κ3) is 2.59. The van der Waals surface area contributed by atoms with Crippen LogP contribution in [0.25, 0.3) is 0 Å². The second kappa shape index (κ2) is 5.21. The van der Waals surface area contributed by atoms with E-state index in [9.17, 15) is 4.79 Å². The van der Waals surface area contributed by atoms with Crippen LogP contribution in [0.15, 0.2) is 24.3 Å². The smallest absolute Gasteiger partial charge is 0.245 e. The Bertz CT molecular complexity index is 446. The molecule has 102 valence electrons. The van der Waals surface area contributed by atoms with Gasteiger partial charge in [0.2, 0.25) is 5.91 Å². The fourth-order valence-corrected chi connectivity index (χ4v) is 2.70. The van der Waals surface area contributed by atoms with Gasteiger partial charge in [-0.3, -0.25) is 4.79 Å². The summed E-state index contributed by atoms with van der Waals surface area (Å²) in [5.41, 5.74) is 2.34. The summed E-state index contributed by atoms with van der Waals surface area (Å²) in [6.07, 6.45) is 3.06. The predicted octanol–water partition coefficient (Wildman–Crippen LogP) is 1.66. The monoisotopic (exact) mass is 260 g/mol. The molecule has 3 rings (SSSR count). The number of ether oxygens (including phenoxy) is 1. The molecule has 4 heteroatoms. The number of carbonyl (C=O) groups is 1. The average Bonchev–Trinajstić information content (AvgIpc) is 3.17. The molecule has 0 bridgehead atoms. The molecule has 1 aliphatic carbocycles. The minimum atomic E-state index is -0.102. The van der Waals surface area contributed by atoms with Gasteiger partial charge < -0.3 is 15.0 Å². The largest absolute Gasteiger partial charge is 0.383 e. The molecule has 19 heavy (non-hydrogen) atoms. The molecule has 1 heterocycles. The lowest BCUT2D eigenvalue weighted by Crippen LogP contribution is -2.44. The van der Waals surface area contributed by atoms with Gasteiger partial charge in [-0.05, 0) is 24.5 Å². The van der Waals surface area contributed by atoms with Crippen molar-refractivity contribution in [3.63, 3.8) is 0 Å². The van der Waals surface area contributed by atoms with Crippen molar-refractivity contribution >= 4 is 11.6 Å². The van der Waals surface area contributed by atoms with E-state index in [1.807, 2.05) is 23.1 Å². The summed E-state index contributed by atoms with van der Waals surface area (Å²) < 4.78 is 5.11. The van der Waals surface area contributed by atoms with Gasteiger partial charge in [0.25, 0.3) is 0 Å². The number of anilines is 1. The Hall–Kier alpha value is -1.55. The van der Waals surface area contributed by atoms with Crippen LogP contribution in [0.2, 0.25) is 0 Å². The molecule has 0 saturated heterocycles. The number of amides is 1. The van der Waals surface area contributed by atoms with Crippen molar-refractivity contribution in [3.8, 4) is 0 Å². The van der Waals surface area contributed by atoms with Crippen LogP contribution in [0.5, 0.6) is 0 Å². The first kappa shape index (κ1) is 12.5. The predicted molar refractivity (Wildman–Crippen MR) is 74.2 cm³/mol. The van der Waals surface area contributed by atoms with Gasteiger partial charge in [-0.2, -0.15) is 0 Å². The fourth-order valence-electron chi connectivity index (χ4n) is 2.70. The highest BCUT2D eigenvalue weighted by Crippen LogP contribution is 2.30. The third-order valence-electron chi connectivity index (χ3n) is 3.88. The van der Waals surface area contributed by atoms with E-state index in [-0.39, 0.29) is 11.9 Å². The summed E-state index contributed by atoms with van der Waals surface area (Å²) >= 11 is 0. The van der Waals surface area contributed by atoms with Crippen LogP contribution < -0.4 is 5.32 Å². The summed E-state index contributed by atoms with van der Waals surface area (Å²) in [7, 11) is 1.68. The molecule has 4 nitrogen and oxygen atoms in total. The minimum absolute atomic E-state index is 0.102. The van der Waals surface area contributed by atoms with Gasteiger partial charge in [0.1, 0.15) is 6.04 Å². The fraction of sp³-hybridized carbons (Fsp3) is 0.533. The minimum Gasteiger partial charge on any atom is -0.383 e. The van der Waals surface area contributed by atoms with Gasteiger partial charge in [-0.25, -0.2) is 0 Å². The average molecular weight is 260 g/mol. The summed E-state index contributed by atoms with van der Waals surface area (Å²) in [6.45, 7) is 1.32. The zero-order chi connectivity index (χ0) is 13.2. The zero-order valence-corrected chi connectivity index (χ0v) is 11.3. The molecule has 1 saturated carbocycles. The van der Waals surface area contributed by atoms with E-state index < -0.39 is 0 Å². The van der Waals surface area contributed by atoms with E-state index in [2.05, 4.69) is 11.4 Å². The Kier molecular flexibility index (Phi) is 3.42. The van der Waals surface area contributed by atoms with Crippen molar-refractivity contribution in [2.24, 2.45) is 0 Å². The van der Waals surface area contributed by atoms with Gasteiger partial charge >= 0.3 is 0 Å². The van der Waals surface area contributed by atoms with Crippen LogP contribution >= 0.6 is 0 Å². The van der Waals surface area contributed by atoms with Crippen LogP contribution in [0.4, 0.5) is 5.69 Å². The van der Waals surface area contributed by atoms with Gasteiger partial charge in [-0.1, -0.05) is 18.2 Å². The van der Waals surface area contributed by atoms with Crippen LogP contribution in [0.3, 0.4) is 0 Å². The van der Waals surface area contributed by atoms with Gasteiger partial charge in [0, 0.05) is 31.8 Å². The van der Waals surface area contributed by atoms with Crippen LogP contribution in [0.1, 0.15) is 18.4 Å². The maximum atomic E-state index is 12.6. The molecule has 1 atom stereocenters. The highest BCUT2D eigenvalue weighted by atomic mass is 16.5. The van der Waals surface area contributed by atoms with Crippen molar-refractivity contribution in [2.75, 3.05) is 25.6 Å². The molecule has 0 aromatic heterocycles. The Morgan fingerprint density at radius 3 is 2.89 bits per heavy atom. The maximum absolute atomic E-state index is 12.6. The van der Waals surface area contributed by atoms with Crippen molar-refractivity contribution in [3.05, 3.63) is 29.8 Å². The van der Waals surface area contributed by atoms with Gasteiger partial charge in [0.15, 0.2) is 0 Å². The standard InChI is InChI=1S/C15H20N2O2/c1-19-9-8-17(12-6-7-12)15(18)14-10-11-4-2-3-5-13(11)16-14/h2-5,12,14,16H,6-10H2,1H3/t14-/m0/s1. The summed E-state index contributed by atoms with van der Waals surface area (Å²) in [6, 6.07) is 8.49. The number of fused-ring (bicyclic) bond motifs is 1. The summed E-state index contributed by atoms with van der Waals surface area (Å²) in [5, 5.41) is 3.34. The molecular weight excluding hydrogens is 240 g/mol. The molecule has 1 aliphatic heterocycles. The number of hydrogen-bond donors (Lipinski definition) is 1. The number of benzene rings is 1. The highest BCUT2D eigenvalue weighted by molar-refractivity contribution is 5.88. The van der Waals surface area contributed by atoms with Crippen molar-refractivity contribution in [1.29, 1.82) is 0 Å². The summed E-state index contributed by atoms with van der Waals surface area (Å²) in [5.74, 6) is 0.218. The van der Waals surface area contributed by atoms with Gasteiger partial charge in [0.05, 0.1) is 6.61 Å². The second-order valence-electron chi connectivity index (χ2n) is 5.31. The van der Waals surface area contributed by atoms with Crippen LogP contribution in [0, 0.1) is 0 Å².